The Kier molecular flexibility index (Phi) is 4.69. The minimum absolute atomic E-state index is 0.218. The zero-order valence-corrected chi connectivity index (χ0v) is 11.0. The van der Waals surface area contributed by atoms with Gasteiger partial charge in [-0.05, 0) is 13.3 Å². The maximum absolute atomic E-state index is 11.8. The van der Waals surface area contributed by atoms with Crippen LogP contribution in [0, 0.1) is 0 Å². The number of aromatic nitrogens is 2. The predicted octanol–water partition coefficient (Wildman–Crippen LogP) is 0.362. The molecule has 0 aliphatic carbocycles. The average molecular weight is 239 g/mol. The molecule has 0 aliphatic rings. The van der Waals surface area contributed by atoms with Crippen LogP contribution in [0.25, 0.3) is 0 Å². The Bertz CT molecular complexity index is 488. The molecule has 17 heavy (non-hydrogen) atoms. The highest BCUT2D eigenvalue weighted by atomic mass is 16.2. The molecule has 5 heteroatoms. The molecule has 0 saturated heterocycles. The summed E-state index contributed by atoms with van der Waals surface area (Å²) in [5, 5.41) is 3.29. The lowest BCUT2D eigenvalue weighted by Gasteiger charge is -2.13. The van der Waals surface area contributed by atoms with Crippen molar-refractivity contribution >= 4 is 0 Å². The van der Waals surface area contributed by atoms with E-state index in [1.54, 1.807) is 13.2 Å². The van der Waals surface area contributed by atoms with Gasteiger partial charge in [-0.25, -0.2) is 4.79 Å². The third-order valence-corrected chi connectivity index (χ3v) is 2.88. The Morgan fingerprint density at radius 1 is 1.35 bits per heavy atom. The van der Waals surface area contributed by atoms with Gasteiger partial charge in [0.15, 0.2) is 0 Å². The molecule has 0 bridgehead atoms. The van der Waals surface area contributed by atoms with Gasteiger partial charge in [0.25, 0.3) is 5.56 Å². The van der Waals surface area contributed by atoms with Crippen LogP contribution in [-0.2, 0) is 20.6 Å². The van der Waals surface area contributed by atoms with Gasteiger partial charge in [0.1, 0.15) is 0 Å². The van der Waals surface area contributed by atoms with Crippen molar-refractivity contribution in [1.29, 1.82) is 0 Å². The van der Waals surface area contributed by atoms with Crippen LogP contribution in [0.3, 0.4) is 0 Å². The highest BCUT2D eigenvalue weighted by Crippen LogP contribution is 1.96. The molecule has 0 spiro atoms. The molecule has 1 unspecified atom stereocenters. The third-order valence-electron chi connectivity index (χ3n) is 2.88. The first-order chi connectivity index (χ1) is 7.97. The molecule has 5 nitrogen and oxygen atoms in total. The normalized spacial score (nSPS) is 12.7. The highest BCUT2D eigenvalue weighted by molar-refractivity contribution is 5.05. The van der Waals surface area contributed by atoms with Gasteiger partial charge in [-0.2, -0.15) is 0 Å². The van der Waals surface area contributed by atoms with Gasteiger partial charge in [0, 0.05) is 38.4 Å². The molecule has 0 aliphatic heterocycles. The molecule has 0 saturated carbocycles. The standard InChI is InChI=1S/C12H21N3O2/c1-5-6-9(2)13-7-10-8-14(3)12(17)15(4)11(10)16/h8-9,13H,5-7H2,1-4H3. The first-order valence-corrected chi connectivity index (χ1v) is 5.96. The first kappa shape index (κ1) is 13.7. The number of hydrogen-bond donors (Lipinski definition) is 1. The number of nitrogens with zero attached hydrogens (tertiary/aromatic N) is 2. The van der Waals surface area contributed by atoms with E-state index < -0.39 is 0 Å². The fourth-order valence-corrected chi connectivity index (χ4v) is 1.82. The molecule has 0 amide bonds. The Labute approximate surface area is 101 Å². The summed E-state index contributed by atoms with van der Waals surface area (Å²) in [6.07, 6.45) is 3.79. The number of hydrogen-bond acceptors (Lipinski definition) is 3. The van der Waals surface area contributed by atoms with Gasteiger partial charge in [-0.15, -0.1) is 0 Å². The van der Waals surface area contributed by atoms with E-state index in [0.29, 0.717) is 18.2 Å². The van der Waals surface area contributed by atoms with Crippen molar-refractivity contribution in [3.8, 4) is 0 Å². The Hall–Kier alpha value is -1.36. The topological polar surface area (TPSA) is 56.0 Å². The predicted molar refractivity (Wildman–Crippen MR) is 68.1 cm³/mol. The van der Waals surface area contributed by atoms with Crippen molar-refractivity contribution in [3.63, 3.8) is 0 Å². The number of nitrogens with one attached hydrogen (secondary N) is 1. The van der Waals surface area contributed by atoms with Crippen LogP contribution in [0.15, 0.2) is 15.8 Å². The molecule has 0 aromatic carbocycles. The summed E-state index contributed by atoms with van der Waals surface area (Å²) in [7, 11) is 3.16. The monoisotopic (exact) mass is 239 g/mol. The second-order valence-electron chi connectivity index (χ2n) is 4.48. The summed E-state index contributed by atoms with van der Waals surface area (Å²) in [6.45, 7) is 4.72. The molecule has 1 rings (SSSR count). The summed E-state index contributed by atoms with van der Waals surface area (Å²) in [6, 6.07) is 0.377. The molecule has 1 atom stereocenters. The van der Waals surface area contributed by atoms with Crippen LogP contribution in [-0.4, -0.2) is 15.2 Å². The SMILES string of the molecule is CCCC(C)NCc1cn(C)c(=O)n(C)c1=O. The van der Waals surface area contributed by atoms with Crippen LogP contribution >= 0.6 is 0 Å². The quantitative estimate of drug-likeness (QED) is 0.807. The second-order valence-corrected chi connectivity index (χ2v) is 4.48. The van der Waals surface area contributed by atoms with E-state index in [-0.39, 0.29) is 11.2 Å². The summed E-state index contributed by atoms with van der Waals surface area (Å²) >= 11 is 0. The summed E-state index contributed by atoms with van der Waals surface area (Å²) < 4.78 is 2.57. The minimum atomic E-state index is -0.291. The van der Waals surface area contributed by atoms with E-state index >= 15 is 0 Å². The molecular formula is C12H21N3O2. The van der Waals surface area contributed by atoms with Crippen LogP contribution in [0.1, 0.15) is 32.3 Å². The highest BCUT2D eigenvalue weighted by Gasteiger charge is 2.07. The minimum Gasteiger partial charge on any atom is -0.310 e. The van der Waals surface area contributed by atoms with Crippen molar-refractivity contribution in [3.05, 3.63) is 32.6 Å². The third kappa shape index (κ3) is 3.30. The summed E-state index contributed by atoms with van der Waals surface area (Å²) in [4.78, 5) is 23.3. The molecule has 0 radical (unpaired) electrons. The van der Waals surface area contributed by atoms with E-state index in [1.807, 2.05) is 0 Å². The molecule has 1 heterocycles. The lowest BCUT2D eigenvalue weighted by atomic mass is 10.2. The van der Waals surface area contributed by atoms with Crippen molar-refractivity contribution in [1.82, 2.24) is 14.5 Å². The molecule has 96 valence electrons. The van der Waals surface area contributed by atoms with Gasteiger partial charge in [-0.1, -0.05) is 13.3 Å². The largest absolute Gasteiger partial charge is 0.330 e. The smallest absolute Gasteiger partial charge is 0.310 e. The van der Waals surface area contributed by atoms with Gasteiger partial charge < -0.3 is 9.88 Å². The summed E-state index contributed by atoms with van der Waals surface area (Å²) in [5.74, 6) is 0. The van der Waals surface area contributed by atoms with Gasteiger partial charge in [0.2, 0.25) is 0 Å². The van der Waals surface area contributed by atoms with E-state index in [2.05, 4.69) is 19.2 Å². The van der Waals surface area contributed by atoms with E-state index in [4.69, 9.17) is 0 Å². The molecule has 1 aromatic heterocycles. The lowest BCUT2D eigenvalue weighted by Crippen LogP contribution is -2.40. The number of rotatable bonds is 5. The average Bonchev–Trinajstić information content (AvgIpc) is 2.30. The fourth-order valence-electron chi connectivity index (χ4n) is 1.82. The zero-order chi connectivity index (χ0) is 13.0. The van der Waals surface area contributed by atoms with Gasteiger partial charge in [0.05, 0.1) is 0 Å². The van der Waals surface area contributed by atoms with Crippen molar-refractivity contribution < 1.29 is 0 Å². The Morgan fingerprint density at radius 2 is 2.00 bits per heavy atom. The Balaban J connectivity index is 2.86. The number of aryl methyl sites for hydroxylation is 1. The maximum atomic E-state index is 11.8. The zero-order valence-electron chi connectivity index (χ0n) is 11.0. The van der Waals surface area contributed by atoms with Crippen LogP contribution in [0.5, 0.6) is 0 Å². The molecule has 1 N–H and O–H groups in total. The van der Waals surface area contributed by atoms with Crippen LogP contribution in [0.4, 0.5) is 0 Å². The van der Waals surface area contributed by atoms with E-state index in [1.165, 1.54) is 11.6 Å². The van der Waals surface area contributed by atoms with E-state index in [9.17, 15) is 9.59 Å². The van der Waals surface area contributed by atoms with Crippen molar-refractivity contribution in [2.45, 2.75) is 39.3 Å². The molecule has 1 aromatic rings. The maximum Gasteiger partial charge on any atom is 0.330 e. The lowest BCUT2D eigenvalue weighted by molar-refractivity contribution is 0.502. The van der Waals surface area contributed by atoms with Crippen molar-refractivity contribution in [2.75, 3.05) is 0 Å². The fraction of sp³-hybridized carbons (Fsp3) is 0.667. The van der Waals surface area contributed by atoms with Crippen LogP contribution in [0.2, 0.25) is 0 Å². The van der Waals surface area contributed by atoms with E-state index in [0.717, 1.165) is 17.4 Å². The Morgan fingerprint density at radius 3 is 2.59 bits per heavy atom. The van der Waals surface area contributed by atoms with Crippen molar-refractivity contribution in [2.24, 2.45) is 14.1 Å². The van der Waals surface area contributed by atoms with Gasteiger partial charge >= 0.3 is 5.69 Å². The summed E-state index contributed by atoms with van der Waals surface area (Å²) in [5.41, 5.74) is 0.113. The second kappa shape index (κ2) is 5.82. The molecule has 0 fully saturated rings. The van der Waals surface area contributed by atoms with Gasteiger partial charge in [-0.3, -0.25) is 9.36 Å². The van der Waals surface area contributed by atoms with Crippen LogP contribution < -0.4 is 16.6 Å². The molecular weight excluding hydrogens is 218 g/mol. The first-order valence-electron chi connectivity index (χ1n) is 5.96.